The predicted molar refractivity (Wildman–Crippen MR) is 112 cm³/mol. The molecule has 0 aliphatic heterocycles. The molecule has 1 aliphatic rings. The highest BCUT2D eigenvalue weighted by molar-refractivity contribution is 5.77. The third-order valence-corrected chi connectivity index (χ3v) is 5.75. The van der Waals surface area contributed by atoms with Crippen molar-refractivity contribution in [2.24, 2.45) is 0 Å². The molecule has 4 rings (SSSR count). The van der Waals surface area contributed by atoms with Crippen LogP contribution >= 0.6 is 0 Å². The number of amides is 1. The normalized spacial score (nSPS) is 15.9. The van der Waals surface area contributed by atoms with Crippen LogP contribution in [-0.4, -0.2) is 15.7 Å². The molecule has 0 fully saturated rings. The third kappa shape index (κ3) is 3.72. The van der Waals surface area contributed by atoms with E-state index >= 15 is 0 Å². The van der Waals surface area contributed by atoms with Gasteiger partial charge in [0.25, 0.3) is 0 Å². The maximum absolute atomic E-state index is 12.7. The van der Waals surface area contributed by atoms with Crippen molar-refractivity contribution in [2.75, 3.05) is 0 Å². The zero-order valence-corrected chi connectivity index (χ0v) is 16.6. The van der Waals surface area contributed by atoms with E-state index < -0.39 is 0 Å². The van der Waals surface area contributed by atoms with Gasteiger partial charge in [-0.05, 0) is 68.4 Å². The van der Waals surface area contributed by atoms with Crippen molar-refractivity contribution < 1.29 is 4.79 Å². The number of fused-ring (bicyclic) bond motifs is 1. The summed E-state index contributed by atoms with van der Waals surface area (Å²) in [6.07, 6.45) is 4.46. The SMILES string of the molecule is Cc1nn(-c2ccccc2)c(C)c1CCC(=O)N[C@@H]1CCCc2ccccc21. The van der Waals surface area contributed by atoms with E-state index in [0.29, 0.717) is 12.8 Å². The molecule has 28 heavy (non-hydrogen) atoms. The molecule has 0 saturated heterocycles. The van der Waals surface area contributed by atoms with Crippen molar-refractivity contribution in [1.82, 2.24) is 15.1 Å². The minimum atomic E-state index is 0.118. The Bertz CT molecular complexity index is 975. The fourth-order valence-electron chi connectivity index (χ4n) is 4.27. The van der Waals surface area contributed by atoms with E-state index in [1.165, 1.54) is 16.7 Å². The molecule has 0 unspecified atom stereocenters. The molecule has 0 saturated carbocycles. The summed E-state index contributed by atoms with van der Waals surface area (Å²) in [6, 6.07) is 18.8. The fourth-order valence-corrected chi connectivity index (χ4v) is 4.27. The van der Waals surface area contributed by atoms with Crippen LogP contribution < -0.4 is 5.32 Å². The second-order valence-corrected chi connectivity index (χ2v) is 7.61. The van der Waals surface area contributed by atoms with Crippen molar-refractivity contribution in [3.05, 3.63) is 82.7 Å². The molecule has 4 heteroatoms. The van der Waals surface area contributed by atoms with Crippen LogP contribution in [0.25, 0.3) is 5.69 Å². The number of aryl methyl sites for hydroxylation is 2. The van der Waals surface area contributed by atoms with E-state index in [1.807, 2.05) is 29.8 Å². The Labute approximate surface area is 166 Å². The van der Waals surface area contributed by atoms with E-state index in [2.05, 4.69) is 53.7 Å². The Morgan fingerprint density at radius 2 is 1.86 bits per heavy atom. The zero-order valence-electron chi connectivity index (χ0n) is 16.6. The maximum Gasteiger partial charge on any atom is 0.220 e. The summed E-state index contributed by atoms with van der Waals surface area (Å²) in [6.45, 7) is 4.11. The summed E-state index contributed by atoms with van der Waals surface area (Å²) >= 11 is 0. The number of nitrogens with zero attached hydrogens (tertiary/aromatic N) is 2. The largest absolute Gasteiger partial charge is 0.349 e. The highest BCUT2D eigenvalue weighted by Gasteiger charge is 2.21. The molecule has 1 aromatic heterocycles. The number of carbonyl (C=O) groups is 1. The summed E-state index contributed by atoms with van der Waals surface area (Å²) in [7, 11) is 0. The van der Waals surface area contributed by atoms with Gasteiger partial charge in [-0.15, -0.1) is 0 Å². The molecule has 4 nitrogen and oxygen atoms in total. The molecular weight excluding hydrogens is 346 g/mol. The number of benzene rings is 2. The number of carbonyl (C=O) groups excluding carboxylic acids is 1. The Balaban J connectivity index is 1.43. The van der Waals surface area contributed by atoms with E-state index in [1.54, 1.807) is 0 Å². The molecule has 1 N–H and O–H groups in total. The van der Waals surface area contributed by atoms with Crippen molar-refractivity contribution in [1.29, 1.82) is 0 Å². The van der Waals surface area contributed by atoms with Gasteiger partial charge in [-0.25, -0.2) is 4.68 Å². The maximum atomic E-state index is 12.7. The van der Waals surface area contributed by atoms with Gasteiger partial charge in [-0.2, -0.15) is 5.10 Å². The molecule has 0 bridgehead atoms. The Kier molecular flexibility index (Phi) is 5.29. The zero-order chi connectivity index (χ0) is 19.5. The summed E-state index contributed by atoms with van der Waals surface area (Å²) in [4.78, 5) is 12.7. The third-order valence-electron chi connectivity index (χ3n) is 5.75. The van der Waals surface area contributed by atoms with Gasteiger partial charge in [0, 0.05) is 12.1 Å². The van der Waals surface area contributed by atoms with E-state index in [4.69, 9.17) is 0 Å². The molecule has 1 heterocycles. The summed E-state index contributed by atoms with van der Waals surface area (Å²) in [5.41, 5.74) is 6.98. The molecular formula is C24H27N3O. The van der Waals surface area contributed by atoms with Gasteiger partial charge >= 0.3 is 0 Å². The van der Waals surface area contributed by atoms with Gasteiger partial charge in [0.05, 0.1) is 17.4 Å². The van der Waals surface area contributed by atoms with Gasteiger partial charge in [0.15, 0.2) is 0 Å². The number of para-hydroxylation sites is 1. The Morgan fingerprint density at radius 3 is 2.68 bits per heavy atom. The monoisotopic (exact) mass is 373 g/mol. The first-order valence-electron chi connectivity index (χ1n) is 10.1. The lowest BCUT2D eigenvalue weighted by Crippen LogP contribution is -2.31. The van der Waals surface area contributed by atoms with Crippen LogP contribution in [0, 0.1) is 13.8 Å². The summed E-state index contributed by atoms with van der Waals surface area (Å²) in [5.74, 6) is 0.118. The van der Waals surface area contributed by atoms with Crippen LogP contribution in [0.2, 0.25) is 0 Å². The molecule has 1 aliphatic carbocycles. The van der Waals surface area contributed by atoms with Gasteiger partial charge < -0.3 is 5.32 Å². The van der Waals surface area contributed by atoms with E-state index in [-0.39, 0.29) is 11.9 Å². The molecule has 144 valence electrons. The van der Waals surface area contributed by atoms with Crippen molar-refractivity contribution in [3.63, 3.8) is 0 Å². The van der Waals surface area contributed by atoms with Crippen LogP contribution in [0.4, 0.5) is 0 Å². The molecule has 1 atom stereocenters. The lowest BCUT2D eigenvalue weighted by molar-refractivity contribution is -0.121. The summed E-state index contributed by atoms with van der Waals surface area (Å²) < 4.78 is 1.97. The average molecular weight is 374 g/mol. The molecule has 0 radical (unpaired) electrons. The standard InChI is InChI=1S/C24H27N3O/c1-17-21(18(2)27(26-17)20-11-4-3-5-12-20)15-16-24(28)25-23-14-8-10-19-9-6-7-13-22(19)23/h3-7,9,11-13,23H,8,10,14-16H2,1-2H3,(H,25,28)/t23-/m1/s1. The average Bonchev–Trinajstić information content (AvgIpc) is 3.01. The smallest absolute Gasteiger partial charge is 0.220 e. The first-order valence-corrected chi connectivity index (χ1v) is 10.1. The highest BCUT2D eigenvalue weighted by Crippen LogP contribution is 2.29. The van der Waals surface area contributed by atoms with Gasteiger partial charge in [0.1, 0.15) is 0 Å². The van der Waals surface area contributed by atoms with Crippen LogP contribution in [0.15, 0.2) is 54.6 Å². The molecule has 0 spiro atoms. The number of aromatic nitrogens is 2. The quantitative estimate of drug-likeness (QED) is 0.710. The number of hydrogen-bond acceptors (Lipinski definition) is 2. The summed E-state index contributed by atoms with van der Waals surface area (Å²) in [5, 5.41) is 7.95. The van der Waals surface area contributed by atoms with Gasteiger partial charge in [-0.1, -0.05) is 42.5 Å². The van der Waals surface area contributed by atoms with Crippen LogP contribution in [0.3, 0.4) is 0 Å². The van der Waals surface area contributed by atoms with Crippen LogP contribution in [-0.2, 0) is 17.6 Å². The first kappa shape index (κ1) is 18.5. The van der Waals surface area contributed by atoms with Crippen molar-refractivity contribution in [2.45, 2.75) is 52.0 Å². The first-order chi connectivity index (χ1) is 13.6. The minimum Gasteiger partial charge on any atom is -0.349 e. The van der Waals surface area contributed by atoms with Gasteiger partial charge in [-0.3, -0.25) is 4.79 Å². The molecule has 3 aromatic rings. The molecule has 2 aromatic carbocycles. The second-order valence-electron chi connectivity index (χ2n) is 7.61. The van der Waals surface area contributed by atoms with Crippen LogP contribution in [0.1, 0.15) is 53.4 Å². The Morgan fingerprint density at radius 1 is 1.11 bits per heavy atom. The lowest BCUT2D eigenvalue weighted by Gasteiger charge is -2.26. The van der Waals surface area contributed by atoms with Crippen molar-refractivity contribution in [3.8, 4) is 5.69 Å². The van der Waals surface area contributed by atoms with Crippen LogP contribution in [0.5, 0.6) is 0 Å². The van der Waals surface area contributed by atoms with E-state index in [0.717, 1.165) is 36.3 Å². The highest BCUT2D eigenvalue weighted by atomic mass is 16.1. The minimum absolute atomic E-state index is 0.118. The molecule has 1 amide bonds. The Hall–Kier alpha value is -2.88. The number of nitrogens with one attached hydrogen (secondary N) is 1. The lowest BCUT2D eigenvalue weighted by atomic mass is 9.87. The second kappa shape index (κ2) is 8.01. The van der Waals surface area contributed by atoms with Crippen molar-refractivity contribution >= 4 is 5.91 Å². The van der Waals surface area contributed by atoms with E-state index in [9.17, 15) is 4.79 Å². The number of hydrogen-bond donors (Lipinski definition) is 1. The topological polar surface area (TPSA) is 46.9 Å². The number of rotatable bonds is 5. The predicted octanol–water partition coefficient (Wildman–Crippen LogP) is 4.62. The van der Waals surface area contributed by atoms with Gasteiger partial charge in [0.2, 0.25) is 5.91 Å². The fraction of sp³-hybridized carbons (Fsp3) is 0.333.